The average Bonchev–Trinajstić information content (AvgIpc) is 1.49. The molecule has 0 unspecified atom stereocenters. The monoisotopic (exact) mass is 1530 g/mol. The fourth-order valence-electron chi connectivity index (χ4n) is 12.9. The van der Waals surface area contributed by atoms with Crippen LogP contribution in [-0.2, 0) is 83.2 Å². The number of carbonyl (C=O) groups is 13. The molecule has 2 aliphatic heterocycles. The number of carbonyl (C=O) groups excluding carboxylic acids is 13. The van der Waals surface area contributed by atoms with Crippen molar-refractivity contribution in [2.24, 2.45) is 23.1 Å². The van der Waals surface area contributed by atoms with Gasteiger partial charge in [0.25, 0.3) is 0 Å². The number of phenolic OH excluding ortho intramolecular Hbond substituents is 1. The van der Waals surface area contributed by atoms with Crippen molar-refractivity contribution in [3.63, 3.8) is 0 Å². The fourth-order valence-corrected chi connectivity index (χ4v) is 13.0. The molecule has 0 bridgehead atoms. The maximum atomic E-state index is 15.0. The number of hydrogen-bond acceptors (Lipinski definition) is 17. The van der Waals surface area contributed by atoms with Crippen molar-refractivity contribution in [1.29, 1.82) is 5.41 Å². The molecule has 0 spiro atoms. The third-order valence-electron chi connectivity index (χ3n) is 18.5. The normalized spacial score (nSPS) is 16.4. The van der Waals surface area contributed by atoms with Crippen molar-refractivity contribution in [3.8, 4) is 5.75 Å². The van der Waals surface area contributed by atoms with Gasteiger partial charge in [0.05, 0.1) is 6.61 Å². The van der Waals surface area contributed by atoms with Crippen LogP contribution in [0.3, 0.4) is 0 Å². The van der Waals surface area contributed by atoms with E-state index in [0.29, 0.717) is 40.1 Å². The molecule has 0 radical (unpaired) electrons. The molecule has 0 aliphatic carbocycles. The Balaban J connectivity index is 1.12. The summed E-state index contributed by atoms with van der Waals surface area (Å²) in [6.45, 7) is 5.36. The molecular weight excluding hydrogens is 1430 g/mol. The highest BCUT2D eigenvalue weighted by molar-refractivity contribution is 6.30. The van der Waals surface area contributed by atoms with Crippen LogP contribution in [0.5, 0.6) is 5.75 Å². The molecular formula is C75H99ClN18O15. The SMILES string of the molecule is CC(=O)N[C@H](Cc1ccc2ccccc2c1)C(=O)N[C@H](Cc1ccc(Cl)cc1)C(=O)N[C@H](Cc1cccnc1)C(=O)N[C@@H](CO)C(=O)N[C@@H](Cc1ccc(O)cc1)C(=O)N[C@H](CCCNC(N)=O)C(=O)N[C@@H](CC(C)C)C(=O)N[C@@H](CCCNC(=N)N)C(=O)N1CCC[C@H]1C(=O)N1CCC[C@H]1C(=O)N[C@H](C)C(N)=O. The fraction of sp³-hybridized carbons (Fsp3) is 0.453. The van der Waals surface area contributed by atoms with Crippen LogP contribution in [0.15, 0.2) is 116 Å². The average molecular weight is 1530 g/mol. The number of aromatic nitrogens is 1. The second-order valence-corrected chi connectivity index (χ2v) is 28.0. The molecule has 586 valence electrons. The third kappa shape index (κ3) is 26.5. The maximum absolute atomic E-state index is 15.0. The van der Waals surface area contributed by atoms with Gasteiger partial charge in [0.15, 0.2) is 5.96 Å². The van der Waals surface area contributed by atoms with Crippen LogP contribution < -0.4 is 75.7 Å². The number of urea groups is 1. The van der Waals surface area contributed by atoms with E-state index in [2.05, 4.69) is 63.5 Å². The first-order valence-electron chi connectivity index (χ1n) is 36.2. The van der Waals surface area contributed by atoms with Crippen LogP contribution in [0.4, 0.5) is 4.79 Å². The number of pyridine rings is 1. The van der Waals surface area contributed by atoms with Gasteiger partial charge in [0.1, 0.15) is 72.2 Å². The number of nitrogens with two attached hydrogens (primary N) is 3. The number of likely N-dealkylation sites (tertiary alicyclic amines) is 2. The molecule has 34 heteroatoms. The number of amides is 14. The number of halogens is 1. The van der Waals surface area contributed by atoms with Gasteiger partial charge < -0.3 is 95.7 Å². The van der Waals surface area contributed by atoms with E-state index in [1.807, 2.05) is 42.5 Å². The molecule has 5 aromatic rings. The Bertz CT molecular complexity index is 4040. The van der Waals surface area contributed by atoms with E-state index < -0.39 is 150 Å². The Labute approximate surface area is 635 Å². The number of fused-ring (bicyclic) bond motifs is 1. The highest BCUT2D eigenvalue weighted by Gasteiger charge is 2.45. The molecule has 7 rings (SSSR count). The quantitative estimate of drug-likeness (QED) is 0.0134. The summed E-state index contributed by atoms with van der Waals surface area (Å²) in [5.74, 6) is -10.5. The summed E-state index contributed by atoms with van der Waals surface area (Å²) in [7, 11) is 0. The van der Waals surface area contributed by atoms with Crippen LogP contribution in [0, 0.1) is 11.3 Å². The minimum Gasteiger partial charge on any atom is -0.508 e. The van der Waals surface area contributed by atoms with Gasteiger partial charge in [-0.2, -0.15) is 0 Å². The van der Waals surface area contributed by atoms with Crippen LogP contribution >= 0.6 is 11.6 Å². The first kappa shape index (κ1) is 84.8. The van der Waals surface area contributed by atoms with E-state index >= 15 is 0 Å². The predicted molar refractivity (Wildman–Crippen MR) is 402 cm³/mol. The molecule has 2 aliphatic rings. The summed E-state index contributed by atoms with van der Waals surface area (Å²) < 4.78 is 0. The van der Waals surface area contributed by atoms with Gasteiger partial charge in [-0.1, -0.05) is 98.2 Å². The Kier molecular flexibility index (Phi) is 32.3. The van der Waals surface area contributed by atoms with Gasteiger partial charge in [0, 0.05) is 76.2 Å². The molecule has 3 heterocycles. The molecule has 14 amide bonds. The van der Waals surface area contributed by atoms with Crippen molar-refractivity contribution in [1.82, 2.24) is 73.3 Å². The predicted octanol–water partition coefficient (Wildman–Crippen LogP) is -0.515. The summed E-state index contributed by atoms with van der Waals surface area (Å²) in [4.78, 5) is 189. The molecule has 0 saturated carbocycles. The standard InChI is InChI=1S/C75H99ClN18O15/c1-42(2)34-55(65(100)87-54(16-9-30-82-74(78)79)72(107)94-33-11-18-62(94)73(108)93-32-10-17-61(93)71(106)84-43(3)63(77)98)88-64(99)53(15-8-31-83-75(80)109)86-67(102)57(37-46-22-27-52(97)28-23-46)91-70(105)60(41-95)92-69(104)59(39-48-12-7-29-81-40-48)90-68(103)58(36-45-20-25-51(76)26-21-45)89-66(101)56(85-44(4)96)38-47-19-24-49-13-5-6-14-50(49)35-47/h5-7,12-14,19-29,35,40,42-43,53-62,95,97H,8-11,15-18,30-34,36-39,41H2,1-4H3,(H2,77,98)(H,84,106)(H,85,96)(H,86,102)(H,87,100)(H,88,99)(H,89,101)(H,90,103)(H,91,105)(H,92,104)(H4,78,79,82)(H3,80,83,109)/t43-,53-,54+,55+,56-,57+,58-,59-,60+,61+,62+/m1/s1. The second kappa shape index (κ2) is 41.6. The molecule has 11 atom stereocenters. The Morgan fingerprint density at radius 3 is 1.57 bits per heavy atom. The maximum Gasteiger partial charge on any atom is 0.312 e. The number of nitrogens with zero attached hydrogens (tertiary/aromatic N) is 3. The van der Waals surface area contributed by atoms with Crippen molar-refractivity contribution in [3.05, 3.63) is 143 Å². The number of nitrogens with one attached hydrogen (secondary N) is 12. The molecule has 2 fully saturated rings. The van der Waals surface area contributed by atoms with E-state index in [1.165, 1.54) is 60.3 Å². The van der Waals surface area contributed by atoms with E-state index in [4.69, 9.17) is 34.2 Å². The minimum atomic E-state index is -1.86. The summed E-state index contributed by atoms with van der Waals surface area (Å²) >= 11 is 6.24. The van der Waals surface area contributed by atoms with E-state index in [0.717, 1.165) is 10.8 Å². The number of benzene rings is 4. The largest absolute Gasteiger partial charge is 0.508 e. The summed E-state index contributed by atoms with van der Waals surface area (Å²) in [6.07, 6.45) is 3.32. The van der Waals surface area contributed by atoms with E-state index in [9.17, 15) is 72.5 Å². The lowest BCUT2D eigenvalue weighted by atomic mass is 9.99. The number of guanidine groups is 1. The van der Waals surface area contributed by atoms with Gasteiger partial charge in [0.2, 0.25) is 70.9 Å². The number of phenols is 1. The lowest BCUT2D eigenvalue weighted by molar-refractivity contribution is -0.148. The zero-order valence-electron chi connectivity index (χ0n) is 61.3. The van der Waals surface area contributed by atoms with Gasteiger partial charge >= 0.3 is 6.03 Å². The number of primary amides is 2. The van der Waals surface area contributed by atoms with Crippen molar-refractivity contribution in [2.75, 3.05) is 32.8 Å². The number of aliphatic hydroxyl groups excluding tert-OH is 1. The zero-order valence-corrected chi connectivity index (χ0v) is 62.0. The van der Waals surface area contributed by atoms with Crippen LogP contribution in [0.25, 0.3) is 10.8 Å². The number of aliphatic hydroxyl groups is 1. The molecule has 1 aromatic heterocycles. The Hall–Kier alpha value is -11.5. The zero-order chi connectivity index (χ0) is 79.4. The lowest BCUT2D eigenvalue weighted by Crippen LogP contribution is -2.61. The first-order chi connectivity index (χ1) is 52.0. The van der Waals surface area contributed by atoms with Crippen LogP contribution in [0.2, 0.25) is 5.02 Å². The Morgan fingerprint density at radius 1 is 0.532 bits per heavy atom. The summed E-state index contributed by atoms with van der Waals surface area (Å²) in [5, 5.41) is 60.1. The van der Waals surface area contributed by atoms with Crippen molar-refractivity contribution < 1.29 is 72.5 Å². The number of aromatic hydroxyl groups is 1. The summed E-state index contributed by atoms with van der Waals surface area (Å²) in [6, 6.07) is 12.3. The topological polar surface area (TPSA) is 516 Å². The molecule has 109 heavy (non-hydrogen) atoms. The minimum absolute atomic E-state index is 0.0133. The van der Waals surface area contributed by atoms with Gasteiger partial charge in [-0.3, -0.25) is 67.9 Å². The van der Waals surface area contributed by atoms with Gasteiger partial charge in [-0.05, 0) is 134 Å². The summed E-state index contributed by atoms with van der Waals surface area (Å²) in [5.41, 5.74) is 18.3. The van der Waals surface area contributed by atoms with Crippen LogP contribution in [0.1, 0.15) is 108 Å². The Morgan fingerprint density at radius 2 is 1.01 bits per heavy atom. The number of rotatable bonds is 39. The molecule has 2 saturated heterocycles. The van der Waals surface area contributed by atoms with E-state index in [1.54, 1.807) is 50.2 Å². The highest BCUT2D eigenvalue weighted by atomic mass is 35.5. The lowest BCUT2D eigenvalue weighted by Gasteiger charge is -2.33. The molecule has 20 N–H and O–H groups in total. The smallest absolute Gasteiger partial charge is 0.312 e. The molecule has 4 aromatic carbocycles. The number of hydrogen-bond donors (Lipinski definition) is 17. The van der Waals surface area contributed by atoms with Gasteiger partial charge in [-0.25, -0.2) is 4.79 Å². The second-order valence-electron chi connectivity index (χ2n) is 27.6. The van der Waals surface area contributed by atoms with Crippen LogP contribution in [-0.4, -0.2) is 207 Å². The van der Waals surface area contributed by atoms with Crippen molar-refractivity contribution in [2.45, 2.75) is 178 Å². The van der Waals surface area contributed by atoms with E-state index in [-0.39, 0.29) is 114 Å². The van der Waals surface area contributed by atoms with Gasteiger partial charge in [-0.15, -0.1) is 0 Å². The first-order valence-corrected chi connectivity index (χ1v) is 36.6. The highest BCUT2D eigenvalue weighted by Crippen LogP contribution is 2.27. The third-order valence-corrected chi connectivity index (χ3v) is 18.8. The van der Waals surface area contributed by atoms with Crippen molar-refractivity contribution >= 4 is 105 Å². The molecule has 33 nitrogen and oxygen atoms in total.